The zero-order chi connectivity index (χ0) is 16.9. The third-order valence-electron chi connectivity index (χ3n) is 3.89. The molecule has 1 aliphatic heterocycles. The molecule has 1 saturated heterocycles. The molecule has 1 aromatic carbocycles. The Balaban J connectivity index is 1.60. The Morgan fingerprint density at radius 3 is 2.71 bits per heavy atom. The number of rotatable bonds is 7. The van der Waals surface area contributed by atoms with Crippen LogP contribution >= 0.6 is 11.3 Å². The second-order valence-corrected chi connectivity index (χ2v) is 6.57. The Labute approximate surface area is 145 Å². The molecule has 2 aromatic rings. The van der Waals surface area contributed by atoms with E-state index in [0.717, 1.165) is 12.2 Å². The summed E-state index contributed by atoms with van der Waals surface area (Å²) in [6.07, 6.45) is 1.06. The molecule has 1 fully saturated rings. The number of thiophene rings is 1. The highest BCUT2D eigenvalue weighted by Crippen LogP contribution is 2.25. The fourth-order valence-corrected chi connectivity index (χ4v) is 3.45. The normalized spacial score (nSPS) is 17.5. The second kappa shape index (κ2) is 7.59. The van der Waals surface area contributed by atoms with Crippen molar-refractivity contribution in [2.45, 2.75) is 25.8 Å². The summed E-state index contributed by atoms with van der Waals surface area (Å²) in [5, 5.41) is 5.24. The zero-order valence-corrected chi connectivity index (χ0v) is 14.3. The molecule has 126 valence electrons. The summed E-state index contributed by atoms with van der Waals surface area (Å²) >= 11 is 1.70. The van der Waals surface area contributed by atoms with Gasteiger partial charge in [-0.2, -0.15) is 0 Å². The van der Waals surface area contributed by atoms with Gasteiger partial charge in [-0.1, -0.05) is 6.07 Å². The predicted octanol–water partition coefficient (Wildman–Crippen LogP) is 2.61. The Bertz CT molecular complexity index is 698. The smallest absolute Gasteiger partial charge is 0.251 e. The molecule has 1 atom stereocenters. The molecule has 0 spiro atoms. The summed E-state index contributed by atoms with van der Waals surface area (Å²) in [6.45, 7) is 3.17. The molecule has 1 aliphatic rings. The van der Waals surface area contributed by atoms with E-state index in [1.807, 2.05) is 18.4 Å². The fraction of sp³-hybridized carbons (Fsp3) is 0.333. The van der Waals surface area contributed by atoms with Crippen molar-refractivity contribution >= 4 is 28.8 Å². The number of carbonyl (C=O) groups is 2. The van der Waals surface area contributed by atoms with Gasteiger partial charge in [-0.25, -0.2) is 4.90 Å². The summed E-state index contributed by atoms with van der Waals surface area (Å²) < 4.78 is 5.39. The van der Waals surface area contributed by atoms with E-state index < -0.39 is 6.04 Å². The van der Waals surface area contributed by atoms with Crippen LogP contribution in [0.15, 0.2) is 41.8 Å². The van der Waals surface area contributed by atoms with Crippen LogP contribution < -0.4 is 15.0 Å². The number of anilines is 1. The number of amides is 2. The lowest BCUT2D eigenvalue weighted by atomic mass is 10.2. The molecule has 2 amide bonds. The molecular weight excluding hydrogens is 324 g/mol. The zero-order valence-electron chi connectivity index (χ0n) is 13.5. The molecule has 24 heavy (non-hydrogen) atoms. The van der Waals surface area contributed by atoms with Gasteiger partial charge in [0, 0.05) is 11.4 Å². The van der Waals surface area contributed by atoms with Crippen molar-refractivity contribution in [3.63, 3.8) is 0 Å². The maximum atomic E-state index is 12.5. The summed E-state index contributed by atoms with van der Waals surface area (Å²) in [4.78, 5) is 27.3. The minimum Gasteiger partial charge on any atom is -0.494 e. The lowest BCUT2D eigenvalue weighted by Crippen LogP contribution is -2.39. The SMILES string of the molecule is CCOc1ccc(N2C(=O)C[C@@H](NCCc3cccs3)C2=O)cc1. The van der Waals surface area contributed by atoms with Crippen LogP contribution in [-0.2, 0) is 16.0 Å². The van der Waals surface area contributed by atoms with E-state index in [1.165, 1.54) is 9.78 Å². The van der Waals surface area contributed by atoms with Gasteiger partial charge in [0.2, 0.25) is 5.91 Å². The first-order valence-corrected chi connectivity index (χ1v) is 8.92. The lowest BCUT2D eigenvalue weighted by Gasteiger charge is -2.16. The molecule has 3 rings (SSSR count). The van der Waals surface area contributed by atoms with E-state index in [4.69, 9.17) is 4.74 Å². The van der Waals surface area contributed by atoms with Gasteiger partial charge in [-0.05, 0) is 49.1 Å². The minimum absolute atomic E-state index is 0.169. The Hall–Kier alpha value is -2.18. The highest BCUT2D eigenvalue weighted by atomic mass is 32.1. The number of carbonyl (C=O) groups excluding carboxylic acids is 2. The Kier molecular flexibility index (Phi) is 5.27. The second-order valence-electron chi connectivity index (χ2n) is 5.53. The number of benzene rings is 1. The molecule has 1 aromatic heterocycles. The quantitative estimate of drug-likeness (QED) is 0.785. The standard InChI is InChI=1S/C18H20N2O3S/c1-2-23-14-7-5-13(6-8-14)20-17(21)12-16(18(20)22)19-10-9-15-4-3-11-24-15/h3-8,11,16,19H,2,9-10,12H2,1H3/t16-/m1/s1. The first-order valence-electron chi connectivity index (χ1n) is 8.04. The van der Waals surface area contributed by atoms with Crippen molar-refractivity contribution in [3.05, 3.63) is 46.7 Å². The van der Waals surface area contributed by atoms with Gasteiger partial charge in [-0.15, -0.1) is 11.3 Å². The minimum atomic E-state index is -0.441. The summed E-state index contributed by atoms with van der Waals surface area (Å²) in [6, 6.07) is 10.7. The van der Waals surface area contributed by atoms with Crippen molar-refractivity contribution in [3.8, 4) is 5.75 Å². The van der Waals surface area contributed by atoms with Gasteiger partial charge >= 0.3 is 0 Å². The highest BCUT2D eigenvalue weighted by molar-refractivity contribution is 7.09. The molecule has 2 heterocycles. The van der Waals surface area contributed by atoms with E-state index in [0.29, 0.717) is 18.8 Å². The van der Waals surface area contributed by atoms with E-state index in [2.05, 4.69) is 11.4 Å². The van der Waals surface area contributed by atoms with Crippen molar-refractivity contribution in [2.75, 3.05) is 18.1 Å². The number of nitrogens with one attached hydrogen (secondary N) is 1. The lowest BCUT2D eigenvalue weighted by molar-refractivity contribution is -0.121. The van der Waals surface area contributed by atoms with E-state index in [9.17, 15) is 9.59 Å². The molecule has 0 aliphatic carbocycles. The number of nitrogens with zero attached hydrogens (tertiary/aromatic N) is 1. The van der Waals surface area contributed by atoms with Crippen LogP contribution in [0.25, 0.3) is 0 Å². The van der Waals surface area contributed by atoms with Crippen molar-refractivity contribution in [2.24, 2.45) is 0 Å². The van der Waals surface area contributed by atoms with Gasteiger partial charge in [0.25, 0.3) is 5.91 Å². The average Bonchev–Trinajstić information content (AvgIpc) is 3.18. The maximum Gasteiger partial charge on any atom is 0.251 e. The molecule has 0 unspecified atom stereocenters. The molecule has 5 nitrogen and oxygen atoms in total. The predicted molar refractivity (Wildman–Crippen MR) is 94.5 cm³/mol. The average molecular weight is 344 g/mol. The van der Waals surface area contributed by atoms with Gasteiger partial charge in [0.05, 0.1) is 24.8 Å². The first-order chi connectivity index (χ1) is 11.7. The van der Waals surface area contributed by atoms with Crippen LogP contribution in [0.3, 0.4) is 0 Å². The topological polar surface area (TPSA) is 58.6 Å². The van der Waals surface area contributed by atoms with Crippen molar-refractivity contribution in [1.29, 1.82) is 0 Å². The van der Waals surface area contributed by atoms with Crippen molar-refractivity contribution < 1.29 is 14.3 Å². The first kappa shape index (κ1) is 16.7. The van der Waals surface area contributed by atoms with Crippen LogP contribution in [0.2, 0.25) is 0 Å². The van der Waals surface area contributed by atoms with Crippen LogP contribution in [0.4, 0.5) is 5.69 Å². The molecule has 0 saturated carbocycles. The maximum absolute atomic E-state index is 12.5. The number of ether oxygens (including phenoxy) is 1. The van der Waals surface area contributed by atoms with E-state index in [-0.39, 0.29) is 18.2 Å². The van der Waals surface area contributed by atoms with Crippen LogP contribution in [0.5, 0.6) is 5.75 Å². The number of hydrogen-bond donors (Lipinski definition) is 1. The summed E-state index contributed by atoms with van der Waals surface area (Å²) in [7, 11) is 0. The third-order valence-corrected chi connectivity index (χ3v) is 4.83. The molecular formula is C18H20N2O3S. The monoisotopic (exact) mass is 344 g/mol. The van der Waals surface area contributed by atoms with Crippen LogP contribution in [0.1, 0.15) is 18.2 Å². The largest absolute Gasteiger partial charge is 0.494 e. The van der Waals surface area contributed by atoms with Crippen LogP contribution in [-0.4, -0.2) is 31.0 Å². The number of hydrogen-bond acceptors (Lipinski definition) is 5. The van der Waals surface area contributed by atoms with Gasteiger partial charge in [0.15, 0.2) is 0 Å². The summed E-state index contributed by atoms with van der Waals surface area (Å²) in [5.74, 6) is 0.374. The fourth-order valence-electron chi connectivity index (χ4n) is 2.75. The molecule has 1 N–H and O–H groups in total. The Morgan fingerprint density at radius 2 is 2.04 bits per heavy atom. The molecule has 0 bridgehead atoms. The van der Waals surface area contributed by atoms with Gasteiger partial charge in [0.1, 0.15) is 5.75 Å². The van der Waals surface area contributed by atoms with Gasteiger partial charge in [-0.3, -0.25) is 9.59 Å². The Morgan fingerprint density at radius 1 is 1.25 bits per heavy atom. The molecule has 0 radical (unpaired) electrons. The number of imide groups is 1. The summed E-state index contributed by atoms with van der Waals surface area (Å²) in [5.41, 5.74) is 0.594. The van der Waals surface area contributed by atoms with Crippen molar-refractivity contribution in [1.82, 2.24) is 5.32 Å². The van der Waals surface area contributed by atoms with Crippen LogP contribution in [0, 0.1) is 0 Å². The third kappa shape index (κ3) is 3.66. The van der Waals surface area contributed by atoms with E-state index >= 15 is 0 Å². The van der Waals surface area contributed by atoms with Gasteiger partial charge < -0.3 is 10.1 Å². The van der Waals surface area contributed by atoms with E-state index in [1.54, 1.807) is 35.6 Å². The highest BCUT2D eigenvalue weighted by Gasteiger charge is 2.39. The molecule has 6 heteroatoms.